The molecule has 0 bridgehead atoms. The van der Waals surface area contributed by atoms with Crippen LogP contribution in [0.1, 0.15) is 42.8 Å². The molecule has 1 aromatic heterocycles. The molecule has 0 aliphatic carbocycles. The van der Waals surface area contributed by atoms with Crippen LogP contribution in [0.3, 0.4) is 0 Å². The van der Waals surface area contributed by atoms with Gasteiger partial charge in [-0.1, -0.05) is 43.6 Å². The van der Waals surface area contributed by atoms with E-state index in [4.69, 9.17) is 11.6 Å². The van der Waals surface area contributed by atoms with E-state index in [9.17, 15) is 19.5 Å². The second-order valence-electron chi connectivity index (χ2n) is 5.71. The van der Waals surface area contributed by atoms with Crippen molar-refractivity contribution in [2.75, 3.05) is 0 Å². The van der Waals surface area contributed by atoms with E-state index in [0.717, 1.165) is 10.1 Å². The third kappa shape index (κ3) is 3.93. The molecule has 8 heteroatoms. The van der Waals surface area contributed by atoms with Gasteiger partial charge in [-0.05, 0) is 18.9 Å². The number of carbonyl (C=O) groups excluding carboxylic acids is 2. The number of fused-ring (bicyclic) bond motifs is 1. The van der Waals surface area contributed by atoms with Gasteiger partial charge in [0.2, 0.25) is 5.91 Å². The van der Waals surface area contributed by atoms with Gasteiger partial charge in [-0.25, -0.2) is 0 Å². The van der Waals surface area contributed by atoms with Crippen molar-refractivity contribution in [1.29, 1.82) is 0 Å². The minimum absolute atomic E-state index is 0.213. The molecule has 0 saturated carbocycles. The van der Waals surface area contributed by atoms with Crippen molar-refractivity contribution in [3.8, 4) is 0 Å². The van der Waals surface area contributed by atoms with Crippen LogP contribution in [0.25, 0.3) is 10.1 Å². The van der Waals surface area contributed by atoms with E-state index in [0.29, 0.717) is 22.7 Å². The molecule has 0 atom stereocenters. The number of amides is 2. The molecule has 2 aromatic rings. The van der Waals surface area contributed by atoms with E-state index in [1.807, 2.05) is 24.3 Å². The maximum atomic E-state index is 12.3. The number of carboxylic acids is 1. The van der Waals surface area contributed by atoms with E-state index < -0.39 is 23.2 Å². The predicted octanol–water partition coefficient (Wildman–Crippen LogP) is 3.60. The maximum absolute atomic E-state index is 12.3. The molecule has 3 N–H and O–H groups in total. The van der Waals surface area contributed by atoms with Gasteiger partial charge in [0.05, 0.1) is 10.4 Å². The fourth-order valence-corrected chi connectivity index (χ4v) is 3.99. The highest BCUT2D eigenvalue weighted by molar-refractivity contribution is 7.21. The third-order valence-electron chi connectivity index (χ3n) is 4.36. The predicted molar refractivity (Wildman–Crippen MR) is 97.7 cm³/mol. The van der Waals surface area contributed by atoms with Crippen LogP contribution in [0.2, 0.25) is 5.02 Å². The van der Waals surface area contributed by atoms with Crippen LogP contribution >= 0.6 is 22.9 Å². The highest BCUT2D eigenvalue weighted by Crippen LogP contribution is 2.35. The summed E-state index contributed by atoms with van der Waals surface area (Å²) < 4.78 is 0.867. The summed E-state index contributed by atoms with van der Waals surface area (Å²) in [6.07, 6.45) is 0.431. The average molecular weight is 383 g/mol. The molecular formula is C17H19ClN2O4S. The standard InChI is InChI=1S/C17H19ClN2O4S/c1-3-17(4-2,16(23)24)9-12(21)19-20-15(22)14-13(18)10-7-5-6-8-11(10)25-14/h5-8H,3-4,9H2,1-2H3,(H,19,21)(H,20,22)(H,23,24). The molecule has 134 valence electrons. The number of carboxylic acid groups (broad SMARTS) is 1. The molecule has 0 aliphatic rings. The number of aliphatic carboxylic acids is 1. The first-order valence-electron chi connectivity index (χ1n) is 7.84. The van der Waals surface area contributed by atoms with Crippen LogP contribution in [-0.4, -0.2) is 22.9 Å². The molecule has 1 heterocycles. The van der Waals surface area contributed by atoms with E-state index >= 15 is 0 Å². The van der Waals surface area contributed by atoms with Crippen LogP contribution < -0.4 is 10.9 Å². The van der Waals surface area contributed by atoms with E-state index in [-0.39, 0.29) is 6.42 Å². The molecular weight excluding hydrogens is 364 g/mol. The zero-order valence-electron chi connectivity index (χ0n) is 13.9. The van der Waals surface area contributed by atoms with E-state index in [2.05, 4.69) is 10.9 Å². The van der Waals surface area contributed by atoms with Crippen molar-refractivity contribution in [2.45, 2.75) is 33.1 Å². The summed E-state index contributed by atoms with van der Waals surface area (Å²) in [7, 11) is 0. The normalized spacial score (nSPS) is 11.3. The van der Waals surface area contributed by atoms with Gasteiger partial charge in [-0.2, -0.15) is 0 Å². The first kappa shape index (κ1) is 19.2. The van der Waals surface area contributed by atoms with Crippen molar-refractivity contribution in [3.05, 3.63) is 34.2 Å². The van der Waals surface area contributed by atoms with Crippen LogP contribution in [0.5, 0.6) is 0 Å². The number of halogens is 1. The quantitative estimate of drug-likeness (QED) is 0.665. The average Bonchev–Trinajstić information content (AvgIpc) is 2.94. The van der Waals surface area contributed by atoms with Crippen molar-refractivity contribution in [1.82, 2.24) is 10.9 Å². The van der Waals surface area contributed by atoms with Gasteiger partial charge in [0.15, 0.2) is 0 Å². The first-order valence-corrected chi connectivity index (χ1v) is 9.03. The Hall–Kier alpha value is -2.12. The number of nitrogens with one attached hydrogen (secondary N) is 2. The summed E-state index contributed by atoms with van der Waals surface area (Å²) in [5.41, 5.74) is 3.45. The van der Waals surface area contributed by atoms with Gasteiger partial charge >= 0.3 is 5.97 Å². The Morgan fingerprint density at radius 1 is 1.16 bits per heavy atom. The van der Waals surface area contributed by atoms with Crippen LogP contribution in [0.4, 0.5) is 0 Å². The third-order valence-corrected chi connectivity index (χ3v) is 6.04. The number of carbonyl (C=O) groups is 3. The molecule has 0 unspecified atom stereocenters. The number of hydrogen-bond acceptors (Lipinski definition) is 4. The molecule has 2 rings (SSSR count). The molecule has 0 aliphatic heterocycles. The summed E-state index contributed by atoms with van der Waals surface area (Å²) in [6, 6.07) is 7.34. The maximum Gasteiger partial charge on any atom is 0.310 e. The minimum atomic E-state index is -1.13. The lowest BCUT2D eigenvalue weighted by molar-refractivity contribution is -0.152. The number of hydrazine groups is 1. The zero-order valence-corrected chi connectivity index (χ0v) is 15.5. The van der Waals surface area contributed by atoms with E-state index in [1.165, 1.54) is 11.3 Å². The molecule has 0 radical (unpaired) electrons. The topological polar surface area (TPSA) is 95.5 Å². The molecule has 1 aromatic carbocycles. The Balaban J connectivity index is 2.05. The van der Waals surface area contributed by atoms with Crippen molar-refractivity contribution >= 4 is 50.8 Å². The Bertz CT molecular complexity index is 814. The largest absolute Gasteiger partial charge is 0.481 e. The summed E-state index contributed by atoms with van der Waals surface area (Å²) in [6.45, 7) is 3.45. The van der Waals surface area contributed by atoms with Crippen molar-refractivity contribution in [2.24, 2.45) is 5.41 Å². The molecule has 0 saturated heterocycles. The highest BCUT2D eigenvalue weighted by atomic mass is 35.5. The Morgan fingerprint density at radius 3 is 2.36 bits per heavy atom. The lowest BCUT2D eigenvalue weighted by atomic mass is 9.79. The number of rotatable bonds is 6. The van der Waals surface area contributed by atoms with Crippen LogP contribution in [0, 0.1) is 5.41 Å². The van der Waals surface area contributed by atoms with Gasteiger partial charge in [-0.15, -0.1) is 11.3 Å². The summed E-state index contributed by atoms with van der Waals surface area (Å²) in [5, 5.41) is 10.5. The summed E-state index contributed by atoms with van der Waals surface area (Å²) >= 11 is 7.44. The zero-order chi connectivity index (χ0) is 18.6. The van der Waals surface area contributed by atoms with Gasteiger partial charge in [0.1, 0.15) is 4.88 Å². The molecule has 2 amide bonds. The van der Waals surface area contributed by atoms with Gasteiger partial charge in [0.25, 0.3) is 5.91 Å². The second kappa shape index (κ2) is 7.84. The van der Waals surface area contributed by atoms with Gasteiger partial charge in [-0.3, -0.25) is 25.2 Å². The van der Waals surface area contributed by atoms with Gasteiger partial charge < -0.3 is 5.11 Å². The van der Waals surface area contributed by atoms with Crippen LogP contribution in [-0.2, 0) is 9.59 Å². The van der Waals surface area contributed by atoms with Crippen molar-refractivity contribution < 1.29 is 19.5 Å². The summed E-state index contributed by atoms with van der Waals surface area (Å²) in [5.74, 6) is -2.11. The lowest BCUT2D eigenvalue weighted by Crippen LogP contribution is -2.45. The highest BCUT2D eigenvalue weighted by Gasteiger charge is 2.37. The number of benzene rings is 1. The fourth-order valence-electron chi connectivity index (χ4n) is 2.57. The van der Waals surface area contributed by atoms with Crippen molar-refractivity contribution in [3.63, 3.8) is 0 Å². The molecule has 6 nitrogen and oxygen atoms in total. The van der Waals surface area contributed by atoms with Crippen LogP contribution in [0.15, 0.2) is 24.3 Å². The smallest absolute Gasteiger partial charge is 0.310 e. The first-order chi connectivity index (χ1) is 11.8. The SMILES string of the molecule is CCC(CC)(CC(=O)NNC(=O)c1sc2ccccc2c1Cl)C(=O)O. The number of thiophene rings is 1. The van der Waals surface area contributed by atoms with Gasteiger partial charge in [0, 0.05) is 16.5 Å². The van der Waals surface area contributed by atoms with E-state index in [1.54, 1.807) is 13.8 Å². The monoisotopic (exact) mass is 382 g/mol. The second-order valence-corrected chi connectivity index (χ2v) is 7.14. The molecule has 25 heavy (non-hydrogen) atoms. The molecule has 0 fully saturated rings. The fraction of sp³-hybridized carbons (Fsp3) is 0.353. The Labute approximate surface area is 154 Å². The lowest BCUT2D eigenvalue weighted by Gasteiger charge is -2.25. The Morgan fingerprint density at radius 2 is 1.80 bits per heavy atom. The summed E-state index contributed by atoms with van der Waals surface area (Å²) in [4.78, 5) is 36.0. The minimum Gasteiger partial charge on any atom is -0.481 e. The number of hydrogen-bond donors (Lipinski definition) is 3. The Kier molecular flexibility index (Phi) is 6.02. The molecule has 0 spiro atoms.